The minimum Gasteiger partial charge on any atom is -0.516 e. The first-order valence-corrected chi connectivity index (χ1v) is 4.50. The van der Waals surface area contributed by atoms with Crippen molar-refractivity contribution in [1.29, 1.82) is 0 Å². The van der Waals surface area contributed by atoms with Gasteiger partial charge in [-0.05, 0) is 18.6 Å². The molecule has 0 aliphatic rings. The lowest BCUT2D eigenvalue weighted by atomic mass is 10.3. The zero-order valence-corrected chi connectivity index (χ0v) is 8.41. The third-order valence-corrected chi connectivity index (χ3v) is 1.61. The van der Waals surface area contributed by atoms with Gasteiger partial charge in [-0.15, -0.1) is 0 Å². The Kier molecular flexibility index (Phi) is 7.57. The zero-order chi connectivity index (χ0) is 11.5. The van der Waals surface area contributed by atoms with Crippen LogP contribution in [0.2, 0.25) is 0 Å². The zero-order valence-electron chi connectivity index (χ0n) is 8.41. The fourth-order valence-electron chi connectivity index (χ4n) is 0.866. The summed E-state index contributed by atoms with van der Waals surface area (Å²) >= 11 is 0. The van der Waals surface area contributed by atoms with Crippen molar-refractivity contribution in [3.05, 3.63) is 36.8 Å². The minimum absolute atomic E-state index is 0.270. The minimum atomic E-state index is -0.546. The Morgan fingerprint density at radius 1 is 1.07 bits per heavy atom. The van der Waals surface area contributed by atoms with Crippen LogP contribution in [0.1, 0.15) is 6.42 Å². The molecule has 0 fully saturated rings. The van der Waals surface area contributed by atoms with Gasteiger partial charge in [0.05, 0.1) is 12.5 Å². The molecule has 5 nitrogen and oxygen atoms in total. The molecule has 0 aromatic rings. The Balaban J connectivity index is 3.95. The smallest absolute Gasteiger partial charge is 0.315 e. The van der Waals surface area contributed by atoms with Crippen LogP contribution in [-0.2, 0) is 0 Å². The number of nitrogens with two attached hydrogens (primary N) is 1. The molecular weight excluding hydrogens is 196 g/mol. The van der Waals surface area contributed by atoms with Crippen molar-refractivity contribution in [2.75, 3.05) is 13.1 Å². The van der Waals surface area contributed by atoms with Crippen LogP contribution in [0.15, 0.2) is 36.8 Å². The van der Waals surface area contributed by atoms with Crippen molar-refractivity contribution in [2.24, 2.45) is 5.73 Å². The molecule has 0 spiro atoms. The monoisotopic (exact) mass is 212 g/mol. The van der Waals surface area contributed by atoms with E-state index in [0.29, 0.717) is 13.0 Å². The Labute approximate surface area is 88.8 Å². The van der Waals surface area contributed by atoms with Gasteiger partial charge < -0.3 is 20.8 Å². The van der Waals surface area contributed by atoms with Crippen molar-refractivity contribution >= 4 is 6.03 Å². The van der Waals surface area contributed by atoms with Gasteiger partial charge >= 0.3 is 6.03 Å². The first-order valence-electron chi connectivity index (χ1n) is 4.50. The van der Waals surface area contributed by atoms with Gasteiger partial charge in [0, 0.05) is 13.1 Å². The lowest BCUT2D eigenvalue weighted by Gasteiger charge is -2.15. The quantitative estimate of drug-likeness (QED) is 0.460. The van der Waals surface area contributed by atoms with E-state index in [4.69, 9.17) is 15.9 Å². The lowest BCUT2D eigenvalue weighted by Crippen LogP contribution is -2.35. The maximum Gasteiger partial charge on any atom is 0.315 e. The van der Waals surface area contributed by atoms with Crippen molar-refractivity contribution in [2.45, 2.75) is 6.42 Å². The van der Waals surface area contributed by atoms with E-state index in [2.05, 4.69) is 0 Å². The second-order valence-electron chi connectivity index (χ2n) is 2.72. The van der Waals surface area contributed by atoms with Crippen LogP contribution in [-0.4, -0.2) is 34.2 Å². The van der Waals surface area contributed by atoms with Gasteiger partial charge in [-0.25, -0.2) is 4.79 Å². The third kappa shape index (κ3) is 7.18. The standard InChI is InChI=1S/C10H16N2O3/c11-10(15)12(7-5-9-14)6-3-1-2-4-8-13/h1,3-5,8-9,13-14H,2,6-7H2,(H2,11,15). The van der Waals surface area contributed by atoms with E-state index in [1.165, 1.54) is 11.0 Å². The van der Waals surface area contributed by atoms with Gasteiger partial charge in [0.15, 0.2) is 0 Å². The van der Waals surface area contributed by atoms with E-state index in [-0.39, 0.29) is 6.54 Å². The number of hydrogen-bond acceptors (Lipinski definition) is 3. The first-order chi connectivity index (χ1) is 7.22. The highest BCUT2D eigenvalue weighted by molar-refractivity contribution is 5.72. The highest BCUT2D eigenvalue weighted by Gasteiger charge is 2.03. The molecule has 0 heterocycles. The number of allylic oxidation sites excluding steroid dienone is 2. The Morgan fingerprint density at radius 2 is 1.67 bits per heavy atom. The maximum absolute atomic E-state index is 10.9. The van der Waals surface area contributed by atoms with E-state index in [0.717, 1.165) is 12.5 Å². The molecule has 0 aromatic heterocycles. The molecule has 0 bridgehead atoms. The normalized spacial score (nSPS) is 11.7. The number of carbonyl (C=O) groups is 1. The number of hydrogen-bond donors (Lipinski definition) is 3. The van der Waals surface area contributed by atoms with Crippen molar-refractivity contribution < 1.29 is 15.0 Å². The molecule has 0 saturated heterocycles. The summed E-state index contributed by atoms with van der Waals surface area (Å²) in [5.41, 5.74) is 5.10. The molecule has 5 heteroatoms. The summed E-state index contributed by atoms with van der Waals surface area (Å²) in [6.45, 7) is 0.644. The van der Waals surface area contributed by atoms with E-state index in [1.807, 2.05) is 0 Å². The van der Waals surface area contributed by atoms with Crippen LogP contribution < -0.4 is 5.73 Å². The Morgan fingerprint density at radius 3 is 2.20 bits per heavy atom. The molecule has 15 heavy (non-hydrogen) atoms. The second kappa shape index (κ2) is 8.68. The molecule has 0 saturated carbocycles. The lowest BCUT2D eigenvalue weighted by molar-refractivity contribution is 0.218. The maximum atomic E-state index is 10.9. The van der Waals surface area contributed by atoms with E-state index in [9.17, 15) is 4.79 Å². The first kappa shape index (κ1) is 13.1. The van der Waals surface area contributed by atoms with Crippen LogP contribution in [0.25, 0.3) is 0 Å². The van der Waals surface area contributed by atoms with E-state index >= 15 is 0 Å². The van der Waals surface area contributed by atoms with Gasteiger partial charge in [-0.1, -0.05) is 12.2 Å². The molecule has 0 aliphatic heterocycles. The van der Waals surface area contributed by atoms with Gasteiger partial charge in [0.2, 0.25) is 0 Å². The van der Waals surface area contributed by atoms with Crippen LogP contribution in [0.5, 0.6) is 0 Å². The predicted molar refractivity (Wildman–Crippen MR) is 58.5 cm³/mol. The largest absolute Gasteiger partial charge is 0.516 e. The second-order valence-corrected chi connectivity index (χ2v) is 2.72. The number of urea groups is 1. The molecular formula is C10H16N2O3. The fourth-order valence-corrected chi connectivity index (χ4v) is 0.866. The summed E-state index contributed by atoms with van der Waals surface area (Å²) in [5.74, 6) is 0. The number of amides is 2. The van der Waals surface area contributed by atoms with Crippen LogP contribution >= 0.6 is 0 Å². The summed E-state index contributed by atoms with van der Waals surface area (Å²) in [6, 6.07) is -0.546. The molecule has 4 N–H and O–H groups in total. The number of aliphatic hydroxyl groups is 2. The van der Waals surface area contributed by atoms with Gasteiger partial charge in [-0.3, -0.25) is 0 Å². The Hall–Kier alpha value is -1.91. The molecule has 0 rings (SSSR count). The summed E-state index contributed by atoms with van der Waals surface area (Å²) in [4.78, 5) is 12.2. The van der Waals surface area contributed by atoms with Gasteiger partial charge in [0.25, 0.3) is 0 Å². The summed E-state index contributed by atoms with van der Waals surface area (Å²) in [6.07, 6.45) is 8.98. The number of carbonyl (C=O) groups excluding carboxylic acids is 1. The average molecular weight is 212 g/mol. The van der Waals surface area contributed by atoms with Crippen molar-refractivity contribution in [1.82, 2.24) is 4.90 Å². The summed E-state index contributed by atoms with van der Waals surface area (Å²) in [5, 5.41) is 16.8. The molecule has 84 valence electrons. The van der Waals surface area contributed by atoms with Crippen molar-refractivity contribution in [3.8, 4) is 0 Å². The van der Waals surface area contributed by atoms with Crippen LogP contribution in [0.3, 0.4) is 0 Å². The molecule has 0 aliphatic carbocycles. The molecule has 2 amide bonds. The number of primary amides is 1. The highest BCUT2D eigenvalue weighted by atomic mass is 16.2. The molecule has 0 unspecified atom stereocenters. The highest BCUT2D eigenvalue weighted by Crippen LogP contribution is 1.91. The van der Waals surface area contributed by atoms with Gasteiger partial charge in [-0.2, -0.15) is 0 Å². The summed E-state index contributed by atoms with van der Waals surface area (Å²) in [7, 11) is 0. The number of nitrogens with zero attached hydrogens (tertiary/aromatic N) is 1. The predicted octanol–water partition coefficient (Wildman–Crippen LogP) is 1.46. The Bertz CT molecular complexity index is 259. The van der Waals surface area contributed by atoms with Crippen molar-refractivity contribution in [3.63, 3.8) is 0 Å². The number of aliphatic hydroxyl groups excluding tert-OH is 2. The van der Waals surface area contributed by atoms with Crippen LogP contribution in [0.4, 0.5) is 4.79 Å². The average Bonchev–Trinajstić information content (AvgIpc) is 2.21. The topological polar surface area (TPSA) is 86.8 Å². The molecule has 0 aromatic carbocycles. The summed E-state index contributed by atoms with van der Waals surface area (Å²) < 4.78 is 0. The van der Waals surface area contributed by atoms with E-state index in [1.54, 1.807) is 18.2 Å². The third-order valence-electron chi connectivity index (χ3n) is 1.61. The van der Waals surface area contributed by atoms with E-state index < -0.39 is 6.03 Å². The SMILES string of the molecule is NC(=O)N(CC=CO)CC=CCC=CO. The molecule has 0 atom stereocenters. The van der Waals surface area contributed by atoms with Gasteiger partial charge in [0.1, 0.15) is 0 Å². The molecule has 0 radical (unpaired) electrons. The number of rotatable bonds is 6. The fraction of sp³-hybridized carbons (Fsp3) is 0.300. The van der Waals surface area contributed by atoms with Crippen LogP contribution in [0, 0.1) is 0 Å².